The van der Waals surface area contributed by atoms with Crippen molar-refractivity contribution in [1.29, 1.82) is 0 Å². The molecule has 0 amide bonds. The van der Waals surface area contributed by atoms with Gasteiger partial charge in [0, 0.05) is 39.7 Å². The molecular formula is C15H26IN3S. The minimum Gasteiger partial charge on any atom is -0.349 e. The number of rotatable bonds is 5. The summed E-state index contributed by atoms with van der Waals surface area (Å²) in [5, 5.41) is 0. The number of aliphatic imine (C=N–C) groups is 1. The third-order valence-electron chi connectivity index (χ3n) is 2.68. The van der Waals surface area contributed by atoms with Crippen molar-refractivity contribution in [3.8, 4) is 0 Å². The van der Waals surface area contributed by atoms with E-state index in [-0.39, 0.29) is 24.0 Å². The zero-order valence-corrected chi connectivity index (χ0v) is 16.2. The Morgan fingerprint density at radius 2 is 1.60 bits per heavy atom. The van der Waals surface area contributed by atoms with Crippen LogP contribution in [0.15, 0.2) is 29.3 Å². The van der Waals surface area contributed by atoms with Crippen molar-refractivity contribution in [2.45, 2.75) is 12.7 Å². The molecule has 0 N–H and O–H groups in total. The lowest BCUT2D eigenvalue weighted by atomic mass is 10.2. The van der Waals surface area contributed by atoms with Crippen LogP contribution in [0.3, 0.4) is 0 Å². The van der Waals surface area contributed by atoms with Gasteiger partial charge in [-0.2, -0.15) is 11.8 Å². The molecule has 0 radical (unpaired) electrons. The normalized spacial score (nSPS) is 9.65. The number of thioether (sulfide) groups is 1. The average molecular weight is 407 g/mol. The van der Waals surface area contributed by atoms with Crippen LogP contribution in [0.2, 0.25) is 0 Å². The molecule has 0 saturated heterocycles. The molecule has 0 bridgehead atoms. The van der Waals surface area contributed by atoms with Gasteiger partial charge in [0.15, 0.2) is 5.96 Å². The van der Waals surface area contributed by atoms with Crippen molar-refractivity contribution in [1.82, 2.24) is 9.80 Å². The van der Waals surface area contributed by atoms with Gasteiger partial charge < -0.3 is 9.80 Å². The minimum absolute atomic E-state index is 0. The monoisotopic (exact) mass is 407 g/mol. The maximum Gasteiger partial charge on any atom is 0.195 e. The lowest BCUT2D eigenvalue weighted by molar-refractivity contribution is 0.480. The van der Waals surface area contributed by atoms with Crippen molar-refractivity contribution in [3.63, 3.8) is 0 Å². The molecule has 0 spiro atoms. The van der Waals surface area contributed by atoms with Gasteiger partial charge in [-0.25, -0.2) is 0 Å². The molecule has 5 heteroatoms. The summed E-state index contributed by atoms with van der Waals surface area (Å²) in [5.41, 5.74) is 2.71. The Hall–Kier alpha value is -0.430. The highest BCUT2D eigenvalue weighted by Crippen LogP contribution is 2.12. The summed E-state index contributed by atoms with van der Waals surface area (Å²) < 4.78 is 0. The first-order valence-electron chi connectivity index (χ1n) is 6.53. The number of aryl methyl sites for hydroxylation is 1. The smallest absolute Gasteiger partial charge is 0.195 e. The first-order valence-corrected chi connectivity index (χ1v) is 7.68. The summed E-state index contributed by atoms with van der Waals surface area (Å²) in [6.07, 6.45) is 0. The van der Waals surface area contributed by atoms with E-state index in [1.54, 1.807) is 0 Å². The second-order valence-corrected chi connectivity index (χ2v) is 6.11. The van der Waals surface area contributed by atoms with Gasteiger partial charge in [0.2, 0.25) is 0 Å². The van der Waals surface area contributed by atoms with Gasteiger partial charge in [-0.05, 0) is 12.5 Å². The Bertz CT molecular complexity index is 392. The highest BCUT2D eigenvalue weighted by molar-refractivity contribution is 14.0. The third-order valence-corrected chi connectivity index (χ3v) is 3.69. The van der Waals surface area contributed by atoms with Crippen LogP contribution in [0, 0.1) is 6.92 Å². The van der Waals surface area contributed by atoms with Gasteiger partial charge in [-0.15, -0.1) is 24.0 Å². The SMILES string of the molecule is Cc1ccc(CSCCN=C(N(C)C)N(C)C)cc1.I. The van der Waals surface area contributed by atoms with Crippen LogP contribution in [0.4, 0.5) is 0 Å². The number of halogens is 1. The molecule has 0 unspecified atom stereocenters. The van der Waals surface area contributed by atoms with E-state index in [0.717, 1.165) is 24.0 Å². The molecule has 0 fully saturated rings. The van der Waals surface area contributed by atoms with Crippen LogP contribution in [0.1, 0.15) is 11.1 Å². The van der Waals surface area contributed by atoms with Crippen LogP contribution in [-0.2, 0) is 5.75 Å². The molecule has 0 aliphatic heterocycles. The van der Waals surface area contributed by atoms with E-state index in [1.165, 1.54) is 11.1 Å². The Morgan fingerprint density at radius 3 is 2.10 bits per heavy atom. The van der Waals surface area contributed by atoms with E-state index in [0.29, 0.717) is 0 Å². The Labute approximate surface area is 144 Å². The molecule has 0 aromatic heterocycles. The summed E-state index contributed by atoms with van der Waals surface area (Å²) >= 11 is 1.93. The number of nitrogens with zero attached hydrogens (tertiary/aromatic N) is 3. The predicted octanol–water partition coefficient (Wildman–Crippen LogP) is 3.33. The number of guanidine groups is 1. The van der Waals surface area contributed by atoms with Gasteiger partial charge in [-0.1, -0.05) is 29.8 Å². The van der Waals surface area contributed by atoms with Crippen molar-refractivity contribution in [3.05, 3.63) is 35.4 Å². The van der Waals surface area contributed by atoms with E-state index in [4.69, 9.17) is 0 Å². The molecular weight excluding hydrogens is 381 g/mol. The largest absolute Gasteiger partial charge is 0.349 e. The minimum atomic E-state index is 0. The van der Waals surface area contributed by atoms with Crippen LogP contribution in [0.5, 0.6) is 0 Å². The Balaban J connectivity index is 0.00000361. The topological polar surface area (TPSA) is 18.8 Å². The van der Waals surface area contributed by atoms with Gasteiger partial charge >= 0.3 is 0 Å². The van der Waals surface area contributed by atoms with Gasteiger partial charge in [-0.3, -0.25) is 4.99 Å². The first kappa shape index (κ1) is 19.6. The fraction of sp³-hybridized carbons (Fsp3) is 0.533. The molecule has 114 valence electrons. The molecule has 3 nitrogen and oxygen atoms in total. The van der Waals surface area contributed by atoms with Crippen molar-refractivity contribution in [2.75, 3.05) is 40.5 Å². The van der Waals surface area contributed by atoms with Gasteiger partial charge in [0.05, 0.1) is 6.54 Å². The van der Waals surface area contributed by atoms with Gasteiger partial charge in [0.1, 0.15) is 0 Å². The first-order chi connectivity index (χ1) is 9.00. The Kier molecular flexibility index (Phi) is 10.1. The predicted molar refractivity (Wildman–Crippen MR) is 102 cm³/mol. The fourth-order valence-electron chi connectivity index (χ4n) is 1.77. The second-order valence-electron chi connectivity index (χ2n) is 5.01. The Morgan fingerprint density at radius 1 is 1.05 bits per heavy atom. The molecule has 0 aliphatic carbocycles. The maximum absolute atomic E-state index is 4.62. The zero-order chi connectivity index (χ0) is 14.3. The molecule has 0 heterocycles. The lowest BCUT2D eigenvalue weighted by Gasteiger charge is -2.22. The summed E-state index contributed by atoms with van der Waals surface area (Å²) in [6.45, 7) is 2.98. The zero-order valence-electron chi connectivity index (χ0n) is 13.1. The molecule has 0 aliphatic rings. The van der Waals surface area contributed by atoms with E-state index < -0.39 is 0 Å². The molecule has 0 saturated carbocycles. The van der Waals surface area contributed by atoms with Gasteiger partial charge in [0.25, 0.3) is 0 Å². The standard InChI is InChI=1S/C15H25N3S.HI/c1-13-6-8-14(9-7-13)12-19-11-10-16-15(17(2)3)18(4)5;/h6-9H,10-12H2,1-5H3;1H. The quantitative estimate of drug-likeness (QED) is 0.323. The molecule has 1 aromatic rings. The van der Waals surface area contributed by atoms with Crippen LogP contribution >= 0.6 is 35.7 Å². The summed E-state index contributed by atoms with van der Waals surface area (Å²) in [6, 6.07) is 8.75. The second kappa shape index (κ2) is 10.3. The summed E-state index contributed by atoms with van der Waals surface area (Å²) in [7, 11) is 8.10. The number of hydrogen-bond donors (Lipinski definition) is 0. The van der Waals surface area contributed by atoms with Crippen molar-refractivity contribution >= 4 is 41.7 Å². The van der Waals surface area contributed by atoms with E-state index >= 15 is 0 Å². The molecule has 20 heavy (non-hydrogen) atoms. The fourth-order valence-corrected chi connectivity index (χ4v) is 2.56. The summed E-state index contributed by atoms with van der Waals surface area (Å²) in [4.78, 5) is 8.71. The van der Waals surface area contributed by atoms with E-state index in [9.17, 15) is 0 Å². The number of hydrogen-bond acceptors (Lipinski definition) is 2. The van der Waals surface area contributed by atoms with Crippen molar-refractivity contribution in [2.24, 2.45) is 4.99 Å². The molecule has 1 rings (SSSR count). The van der Waals surface area contributed by atoms with E-state index in [1.807, 2.05) is 49.8 Å². The lowest BCUT2D eigenvalue weighted by Crippen LogP contribution is -2.35. The molecule has 0 atom stereocenters. The average Bonchev–Trinajstić information content (AvgIpc) is 2.34. The van der Waals surface area contributed by atoms with Crippen LogP contribution in [-0.4, -0.2) is 56.2 Å². The number of benzene rings is 1. The highest BCUT2D eigenvalue weighted by atomic mass is 127. The third kappa shape index (κ3) is 7.38. The van der Waals surface area contributed by atoms with E-state index in [2.05, 4.69) is 36.2 Å². The van der Waals surface area contributed by atoms with Crippen LogP contribution in [0.25, 0.3) is 0 Å². The van der Waals surface area contributed by atoms with Crippen molar-refractivity contribution < 1.29 is 0 Å². The molecule has 1 aromatic carbocycles. The summed E-state index contributed by atoms with van der Waals surface area (Å²) in [5.74, 6) is 3.14. The van der Waals surface area contributed by atoms with Crippen LogP contribution < -0.4 is 0 Å². The highest BCUT2D eigenvalue weighted by Gasteiger charge is 2.02. The maximum atomic E-state index is 4.62.